The molecule has 0 spiro atoms. The lowest BCUT2D eigenvalue weighted by Gasteiger charge is -2.23. The number of quaternary nitrogens is 1. The van der Waals surface area contributed by atoms with Crippen molar-refractivity contribution in [2.45, 2.75) is 13.0 Å². The van der Waals surface area contributed by atoms with E-state index in [1.807, 2.05) is 21.1 Å². The molecule has 2 heterocycles. The highest BCUT2D eigenvalue weighted by Gasteiger charge is 2.22. The number of rotatable bonds is 9. The van der Waals surface area contributed by atoms with Crippen molar-refractivity contribution < 1.29 is 23.0 Å². The van der Waals surface area contributed by atoms with Gasteiger partial charge in [0.25, 0.3) is 5.56 Å². The van der Waals surface area contributed by atoms with Gasteiger partial charge in [0.1, 0.15) is 0 Å². The van der Waals surface area contributed by atoms with E-state index in [4.69, 9.17) is 9.05 Å². The van der Waals surface area contributed by atoms with Crippen LogP contribution < -0.4 is 11.2 Å². The van der Waals surface area contributed by atoms with Crippen molar-refractivity contribution in [2.75, 3.05) is 40.9 Å². The maximum atomic E-state index is 12.3. The van der Waals surface area contributed by atoms with Gasteiger partial charge >= 0.3 is 13.5 Å². The summed E-state index contributed by atoms with van der Waals surface area (Å²) < 4.78 is 26.3. The predicted molar refractivity (Wildman–Crippen MR) is 99.5 cm³/mol. The Hall–Kier alpha value is -1.78. The summed E-state index contributed by atoms with van der Waals surface area (Å²) in [4.78, 5) is 38.0. The van der Waals surface area contributed by atoms with Crippen LogP contribution in [0.2, 0.25) is 0 Å². The normalized spacial score (nSPS) is 14.6. The first-order valence-corrected chi connectivity index (χ1v) is 9.96. The van der Waals surface area contributed by atoms with E-state index in [1.165, 1.54) is 29.6 Å². The molecule has 0 aliphatic rings. The van der Waals surface area contributed by atoms with Crippen molar-refractivity contribution in [1.29, 1.82) is 0 Å². The van der Waals surface area contributed by atoms with Gasteiger partial charge in [0.15, 0.2) is 11.2 Å². The Morgan fingerprint density at radius 3 is 2.41 bits per heavy atom. The third kappa shape index (κ3) is 5.36. The molecule has 11 nitrogen and oxygen atoms in total. The minimum absolute atomic E-state index is 0.108. The zero-order valence-electron chi connectivity index (χ0n) is 16.3. The van der Waals surface area contributed by atoms with Crippen molar-refractivity contribution in [3.63, 3.8) is 0 Å². The summed E-state index contributed by atoms with van der Waals surface area (Å²) in [7, 11) is 4.78. The number of aryl methyl sites for hydroxylation is 1. The first-order chi connectivity index (χ1) is 12.4. The molecular formula is C15H27N5O6P+. The topological polar surface area (TPSA) is 118 Å². The van der Waals surface area contributed by atoms with Crippen LogP contribution in [0.5, 0.6) is 0 Å². The van der Waals surface area contributed by atoms with Crippen LogP contribution in [0.4, 0.5) is 0 Å². The summed E-state index contributed by atoms with van der Waals surface area (Å²) >= 11 is 0. The van der Waals surface area contributed by atoms with Crippen LogP contribution in [0.25, 0.3) is 11.2 Å². The smallest absolute Gasteiger partial charge is 0.331 e. The molecule has 152 valence electrons. The molecule has 27 heavy (non-hydrogen) atoms. The van der Waals surface area contributed by atoms with Gasteiger partial charge in [0, 0.05) is 27.1 Å². The van der Waals surface area contributed by atoms with Crippen LogP contribution in [-0.4, -0.2) is 69.0 Å². The first kappa shape index (κ1) is 21.5. The van der Waals surface area contributed by atoms with Crippen LogP contribution in [0, 0.1) is 0 Å². The number of phosphoric acid groups is 1. The summed E-state index contributed by atoms with van der Waals surface area (Å²) in [5, 5.41) is 0. The summed E-state index contributed by atoms with van der Waals surface area (Å²) in [5.74, 6) is 0. The summed E-state index contributed by atoms with van der Waals surface area (Å²) in [6.45, 7) is 0.861. The Bertz CT molecular complexity index is 970. The molecule has 0 saturated carbocycles. The lowest BCUT2D eigenvalue weighted by molar-refractivity contribution is -0.870. The largest absolute Gasteiger partial charge is 0.472 e. The third-order valence-electron chi connectivity index (χ3n) is 4.03. The maximum Gasteiger partial charge on any atom is 0.472 e. The van der Waals surface area contributed by atoms with Crippen molar-refractivity contribution in [1.82, 2.24) is 18.7 Å². The molecule has 2 rings (SSSR count). The molecule has 0 saturated heterocycles. The van der Waals surface area contributed by atoms with Gasteiger partial charge in [-0.1, -0.05) is 0 Å². The average Bonchev–Trinajstić information content (AvgIpc) is 2.98. The van der Waals surface area contributed by atoms with Crippen LogP contribution in [0.1, 0.15) is 6.42 Å². The van der Waals surface area contributed by atoms with E-state index < -0.39 is 19.1 Å². The molecule has 0 radical (unpaired) electrons. The number of imidazole rings is 1. The van der Waals surface area contributed by atoms with Gasteiger partial charge in [-0.05, 0) is 0 Å². The zero-order valence-corrected chi connectivity index (χ0v) is 17.2. The molecule has 1 N–H and O–H groups in total. The van der Waals surface area contributed by atoms with E-state index in [0.717, 1.165) is 15.6 Å². The van der Waals surface area contributed by atoms with Crippen molar-refractivity contribution >= 4 is 19.0 Å². The van der Waals surface area contributed by atoms with Gasteiger partial charge in [-0.3, -0.25) is 23.0 Å². The molecule has 0 aromatic carbocycles. The van der Waals surface area contributed by atoms with Gasteiger partial charge in [-0.25, -0.2) is 14.3 Å². The van der Waals surface area contributed by atoms with Gasteiger partial charge in [-0.2, -0.15) is 0 Å². The monoisotopic (exact) mass is 404 g/mol. The third-order valence-corrected chi connectivity index (χ3v) is 5.05. The Labute approximate surface area is 156 Å². The minimum atomic E-state index is -4.17. The Morgan fingerprint density at radius 1 is 1.15 bits per heavy atom. The summed E-state index contributed by atoms with van der Waals surface area (Å²) in [5.41, 5.74) is -0.503. The van der Waals surface area contributed by atoms with Crippen molar-refractivity contribution in [2.24, 2.45) is 14.1 Å². The van der Waals surface area contributed by atoms with Gasteiger partial charge in [-0.15, -0.1) is 0 Å². The van der Waals surface area contributed by atoms with E-state index in [-0.39, 0.29) is 30.9 Å². The fourth-order valence-electron chi connectivity index (χ4n) is 2.58. The molecule has 0 amide bonds. The molecule has 1 unspecified atom stereocenters. The molecule has 2 aromatic rings. The lowest BCUT2D eigenvalue weighted by Crippen LogP contribution is -2.37. The van der Waals surface area contributed by atoms with Gasteiger partial charge in [0.2, 0.25) is 0 Å². The number of fused-ring (bicyclic) bond motifs is 1. The molecule has 2 aromatic heterocycles. The van der Waals surface area contributed by atoms with E-state index in [0.29, 0.717) is 6.42 Å². The molecule has 1 atom stereocenters. The number of nitrogens with zero attached hydrogens (tertiary/aromatic N) is 5. The second kappa shape index (κ2) is 8.07. The Balaban J connectivity index is 1.98. The van der Waals surface area contributed by atoms with Crippen LogP contribution in [-0.2, 0) is 34.3 Å². The molecule has 0 aliphatic carbocycles. The first-order valence-electron chi connectivity index (χ1n) is 8.46. The Kier molecular flexibility index (Phi) is 6.43. The fourth-order valence-corrected chi connectivity index (χ4v) is 3.32. The number of phosphoric ester groups is 1. The van der Waals surface area contributed by atoms with Crippen LogP contribution in [0.15, 0.2) is 15.9 Å². The molecule has 0 aliphatic heterocycles. The molecule has 0 fully saturated rings. The van der Waals surface area contributed by atoms with Gasteiger partial charge < -0.3 is 13.9 Å². The maximum absolute atomic E-state index is 12.3. The highest BCUT2D eigenvalue weighted by Crippen LogP contribution is 2.43. The van der Waals surface area contributed by atoms with E-state index in [1.54, 1.807) is 0 Å². The van der Waals surface area contributed by atoms with Crippen molar-refractivity contribution in [3.05, 3.63) is 27.2 Å². The van der Waals surface area contributed by atoms with Crippen molar-refractivity contribution in [3.8, 4) is 0 Å². The minimum Gasteiger partial charge on any atom is -0.331 e. The number of aromatic nitrogens is 4. The quantitative estimate of drug-likeness (QED) is 0.345. The average molecular weight is 404 g/mol. The summed E-state index contributed by atoms with van der Waals surface area (Å²) in [6.07, 6.45) is 2.01. The van der Waals surface area contributed by atoms with E-state index >= 15 is 0 Å². The lowest BCUT2D eigenvalue weighted by atomic mass is 10.4. The van der Waals surface area contributed by atoms with Gasteiger partial charge in [0.05, 0.1) is 47.2 Å². The SMILES string of the molecule is Cn1c(=O)c2c(ncn2CCOP(=O)(O)OCCC[N+](C)(C)C)n(C)c1=O. The highest BCUT2D eigenvalue weighted by molar-refractivity contribution is 7.47. The van der Waals surface area contributed by atoms with Crippen LogP contribution >= 0.6 is 7.82 Å². The molecule has 12 heteroatoms. The summed E-state index contributed by atoms with van der Waals surface area (Å²) in [6, 6.07) is 0. The fraction of sp³-hybridized carbons (Fsp3) is 0.667. The number of hydrogen-bond donors (Lipinski definition) is 1. The highest BCUT2D eigenvalue weighted by atomic mass is 31.2. The Morgan fingerprint density at radius 2 is 1.78 bits per heavy atom. The predicted octanol–water partition coefficient (Wildman–Crippen LogP) is -0.336. The van der Waals surface area contributed by atoms with Crippen LogP contribution in [0.3, 0.4) is 0 Å². The number of hydrogen-bond acceptors (Lipinski definition) is 6. The second-order valence-electron chi connectivity index (χ2n) is 7.32. The van der Waals surface area contributed by atoms with E-state index in [2.05, 4.69) is 4.98 Å². The second-order valence-corrected chi connectivity index (χ2v) is 8.77. The zero-order chi connectivity index (χ0) is 20.4. The van der Waals surface area contributed by atoms with E-state index in [9.17, 15) is 19.0 Å². The molecular weight excluding hydrogens is 377 g/mol. The molecule has 0 bridgehead atoms. The standard InChI is InChI=1S/C15H26N5O6P/c1-17-13-12(14(21)18(2)15(17)22)19(11-16-13)7-10-26-27(23,24)25-9-6-8-20(3,4)5/h11H,6-10H2,1-5H3/p+1.